The largest absolute Gasteiger partial charge is 0.456 e. The second kappa shape index (κ2) is 6.71. The van der Waals surface area contributed by atoms with Gasteiger partial charge in [-0.15, -0.1) is 0 Å². The number of benzene rings is 1. The predicted octanol–water partition coefficient (Wildman–Crippen LogP) is 5.12. The molecule has 0 saturated heterocycles. The molecule has 0 fully saturated rings. The van der Waals surface area contributed by atoms with Gasteiger partial charge in [0.1, 0.15) is 11.2 Å². The molecule has 0 heterocycles. The molecule has 0 radical (unpaired) electrons. The van der Waals surface area contributed by atoms with Crippen molar-refractivity contribution in [2.24, 2.45) is 0 Å². The van der Waals surface area contributed by atoms with Crippen molar-refractivity contribution in [3.05, 3.63) is 32.2 Å². The van der Waals surface area contributed by atoms with Crippen LogP contribution in [-0.2, 0) is 9.47 Å². The molecule has 0 saturated carbocycles. The van der Waals surface area contributed by atoms with E-state index in [2.05, 4.69) is 31.9 Å². The average Bonchev–Trinajstić information content (AvgIpc) is 2.26. The number of halogens is 2. The van der Waals surface area contributed by atoms with Crippen molar-refractivity contribution in [1.29, 1.82) is 0 Å². The van der Waals surface area contributed by atoms with E-state index in [-0.39, 0.29) is 0 Å². The zero-order valence-electron chi connectivity index (χ0n) is 13.5. The van der Waals surface area contributed by atoms with Crippen LogP contribution in [0.5, 0.6) is 0 Å². The smallest absolute Gasteiger partial charge is 0.339 e. The number of rotatable bonds is 2. The lowest BCUT2D eigenvalue weighted by Crippen LogP contribution is -2.25. The molecule has 0 aromatic heterocycles. The molecule has 0 amide bonds. The molecule has 22 heavy (non-hydrogen) atoms. The Labute approximate surface area is 147 Å². The lowest BCUT2D eigenvalue weighted by atomic mass is 10.1. The summed E-state index contributed by atoms with van der Waals surface area (Å²) < 4.78 is 11.6. The van der Waals surface area contributed by atoms with Gasteiger partial charge in [-0.25, -0.2) is 9.59 Å². The van der Waals surface area contributed by atoms with E-state index in [1.54, 1.807) is 53.7 Å². The first kappa shape index (κ1) is 19.2. The Morgan fingerprint density at radius 3 is 1.27 bits per heavy atom. The fourth-order valence-electron chi connectivity index (χ4n) is 1.53. The van der Waals surface area contributed by atoms with Crippen LogP contribution in [0.3, 0.4) is 0 Å². The van der Waals surface area contributed by atoms with Crippen LogP contribution >= 0.6 is 31.9 Å². The summed E-state index contributed by atoms with van der Waals surface area (Å²) in [5, 5.41) is 0. The highest BCUT2D eigenvalue weighted by atomic mass is 79.9. The number of carbonyl (C=O) groups is 2. The van der Waals surface area contributed by atoms with Crippen LogP contribution in [0.2, 0.25) is 0 Å². The molecule has 0 N–H and O–H groups in total. The summed E-state index contributed by atoms with van der Waals surface area (Å²) in [7, 11) is 0. The van der Waals surface area contributed by atoms with E-state index in [0.717, 1.165) is 0 Å². The summed E-state index contributed by atoms with van der Waals surface area (Å²) in [4.78, 5) is 24.3. The van der Waals surface area contributed by atoms with Crippen molar-refractivity contribution in [2.45, 2.75) is 52.7 Å². The molecule has 0 atom stereocenters. The molecule has 4 nitrogen and oxygen atoms in total. The van der Waals surface area contributed by atoms with Crippen molar-refractivity contribution in [2.75, 3.05) is 0 Å². The highest BCUT2D eigenvalue weighted by molar-refractivity contribution is 9.11. The fraction of sp³-hybridized carbons (Fsp3) is 0.500. The first-order valence-corrected chi connectivity index (χ1v) is 8.34. The molecule has 1 rings (SSSR count). The van der Waals surface area contributed by atoms with E-state index in [9.17, 15) is 9.59 Å². The van der Waals surface area contributed by atoms with Crippen molar-refractivity contribution >= 4 is 43.8 Å². The number of ether oxygens (including phenoxy) is 2. The summed E-state index contributed by atoms with van der Waals surface area (Å²) in [6, 6.07) is 3.11. The van der Waals surface area contributed by atoms with E-state index in [0.29, 0.717) is 20.1 Å². The lowest BCUT2D eigenvalue weighted by Gasteiger charge is -2.21. The summed E-state index contributed by atoms with van der Waals surface area (Å²) in [6.45, 7) is 10.8. The number of hydrogen-bond donors (Lipinski definition) is 0. The molecule has 6 heteroatoms. The van der Waals surface area contributed by atoms with Gasteiger partial charge in [0.15, 0.2) is 0 Å². The quantitative estimate of drug-likeness (QED) is 0.604. The second-order valence-electron chi connectivity index (χ2n) is 6.82. The minimum Gasteiger partial charge on any atom is -0.456 e. The topological polar surface area (TPSA) is 52.6 Å². The Balaban J connectivity index is 3.12. The van der Waals surface area contributed by atoms with Gasteiger partial charge in [0, 0.05) is 8.95 Å². The zero-order chi connectivity index (χ0) is 17.3. The lowest BCUT2D eigenvalue weighted by molar-refractivity contribution is 0.00501. The normalized spacial score (nSPS) is 12.0. The summed E-state index contributed by atoms with van der Waals surface area (Å²) in [5.41, 5.74) is -0.497. The Bertz CT molecular complexity index is 542. The fourth-order valence-corrected chi connectivity index (χ4v) is 2.54. The summed E-state index contributed by atoms with van der Waals surface area (Å²) >= 11 is 6.62. The van der Waals surface area contributed by atoms with Crippen LogP contribution in [0, 0.1) is 0 Å². The van der Waals surface area contributed by atoms with Gasteiger partial charge in [0.25, 0.3) is 0 Å². The highest BCUT2D eigenvalue weighted by Crippen LogP contribution is 2.29. The third-order valence-corrected chi connectivity index (χ3v) is 3.61. The average molecular weight is 436 g/mol. The zero-order valence-corrected chi connectivity index (χ0v) is 16.7. The molecule has 0 spiro atoms. The maximum Gasteiger partial charge on any atom is 0.339 e. The van der Waals surface area contributed by atoms with E-state index in [1.807, 2.05) is 0 Å². The number of carbonyl (C=O) groups excluding carboxylic acids is 2. The minimum atomic E-state index is -0.590. The summed E-state index contributed by atoms with van der Waals surface area (Å²) in [5.74, 6) is -0.924. The molecule has 122 valence electrons. The Morgan fingerprint density at radius 1 is 0.773 bits per heavy atom. The minimum absolute atomic E-state index is 0.342. The maximum atomic E-state index is 12.2. The molecule has 1 aromatic carbocycles. The third kappa shape index (κ3) is 5.72. The van der Waals surface area contributed by atoms with Gasteiger partial charge in [0.2, 0.25) is 0 Å². The molecule has 0 aliphatic carbocycles. The van der Waals surface area contributed by atoms with Crippen molar-refractivity contribution in [1.82, 2.24) is 0 Å². The molecule has 0 aliphatic rings. The van der Waals surface area contributed by atoms with Gasteiger partial charge in [-0.05, 0) is 85.5 Å². The van der Waals surface area contributed by atoms with Gasteiger partial charge in [-0.3, -0.25) is 0 Å². The number of hydrogen-bond acceptors (Lipinski definition) is 4. The highest BCUT2D eigenvalue weighted by Gasteiger charge is 2.24. The maximum absolute atomic E-state index is 12.2. The van der Waals surface area contributed by atoms with E-state index < -0.39 is 23.1 Å². The van der Waals surface area contributed by atoms with Crippen LogP contribution in [0.15, 0.2) is 21.1 Å². The second-order valence-corrected chi connectivity index (χ2v) is 8.52. The van der Waals surface area contributed by atoms with Crippen LogP contribution < -0.4 is 0 Å². The van der Waals surface area contributed by atoms with Crippen LogP contribution in [0.25, 0.3) is 0 Å². The summed E-state index contributed by atoms with van der Waals surface area (Å²) in [6.07, 6.45) is 0. The van der Waals surface area contributed by atoms with E-state index in [4.69, 9.17) is 9.47 Å². The molecular weight excluding hydrogens is 416 g/mol. The Kier molecular flexibility index (Phi) is 5.84. The van der Waals surface area contributed by atoms with Crippen LogP contribution in [0.4, 0.5) is 0 Å². The molecule has 1 aromatic rings. The van der Waals surface area contributed by atoms with Crippen molar-refractivity contribution in [3.63, 3.8) is 0 Å². The van der Waals surface area contributed by atoms with Gasteiger partial charge in [-0.1, -0.05) is 0 Å². The van der Waals surface area contributed by atoms with Crippen molar-refractivity contribution < 1.29 is 19.1 Å². The third-order valence-electron chi connectivity index (χ3n) is 2.29. The first-order chi connectivity index (χ1) is 9.80. The van der Waals surface area contributed by atoms with Gasteiger partial charge in [0.05, 0.1) is 11.1 Å². The first-order valence-electron chi connectivity index (χ1n) is 6.76. The molecule has 0 bridgehead atoms. The van der Waals surface area contributed by atoms with Gasteiger partial charge < -0.3 is 9.47 Å². The molecule has 0 unspecified atom stereocenters. The SMILES string of the molecule is CC(C)(C)OC(=O)c1cc(Br)c(C(=O)OC(C)(C)C)cc1Br. The van der Waals surface area contributed by atoms with E-state index in [1.165, 1.54) is 0 Å². The van der Waals surface area contributed by atoms with Gasteiger partial charge >= 0.3 is 11.9 Å². The van der Waals surface area contributed by atoms with E-state index >= 15 is 0 Å². The van der Waals surface area contributed by atoms with Gasteiger partial charge in [-0.2, -0.15) is 0 Å². The van der Waals surface area contributed by atoms with Crippen molar-refractivity contribution in [3.8, 4) is 0 Å². The Hall–Kier alpha value is -0.880. The standard InChI is InChI=1S/C16H20Br2O4/c1-15(2,3)21-13(19)9-7-12(18)10(8-11(9)17)14(20)22-16(4,5)6/h7-8H,1-6H3. The van der Waals surface area contributed by atoms with Crippen LogP contribution in [-0.4, -0.2) is 23.1 Å². The monoisotopic (exact) mass is 434 g/mol. The predicted molar refractivity (Wildman–Crippen MR) is 92.2 cm³/mol. The number of esters is 2. The molecule has 0 aliphatic heterocycles. The Morgan fingerprint density at radius 2 is 1.05 bits per heavy atom. The molecular formula is C16H20Br2O4. The van der Waals surface area contributed by atoms with Crippen LogP contribution in [0.1, 0.15) is 62.3 Å².